The maximum absolute atomic E-state index is 5.73. The summed E-state index contributed by atoms with van der Waals surface area (Å²) in [4.78, 5) is 0. The lowest BCUT2D eigenvalue weighted by atomic mass is 10.0. The van der Waals surface area contributed by atoms with E-state index in [9.17, 15) is 0 Å². The van der Waals surface area contributed by atoms with Crippen molar-refractivity contribution in [2.45, 2.75) is 19.4 Å². The van der Waals surface area contributed by atoms with Crippen LogP contribution < -0.4 is 11.1 Å². The van der Waals surface area contributed by atoms with Crippen molar-refractivity contribution in [3.8, 4) is 0 Å². The minimum atomic E-state index is 0.193. The second-order valence-corrected chi connectivity index (χ2v) is 3.25. The molecule has 0 saturated heterocycles. The van der Waals surface area contributed by atoms with Crippen LogP contribution >= 0.6 is 0 Å². The summed E-state index contributed by atoms with van der Waals surface area (Å²) in [5, 5.41) is 3.26. The minimum absolute atomic E-state index is 0.193. The van der Waals surface area contributed by atoms with E-state index in [0.29, 0.717) is 0 Å². The zero-order chi connectivity index (χ0) is 8.27. The topological polar surface area (TPSA) is 38.0 Å². The molecule has 2 nitrogen and oxygen atoms in total. The van der Waals surface area contributed by atoms with Crippen LogP contribution in [0.4, 0.5) is 0 Å². The van der Waals surface area contributed by atoms with E-state index < -0.39 is 0 Å². The van der Waals surface area contributed by atoms with Gasteiger partial charge in [-0.15, -0.1) is 0 Å². The number of nitrogens with two attached hydrogens (primary N) is 1. The molecule has 0 fully saturated rings. The van der Waals surface area contributed by atoms with Crippen LogP contribution in [0.3, 0.4) is 0 Å². The molecule has 0 aromatic rings. The van der Waals surface area contributed by atoms with Gasteiger partial charge in [0.25, 0.3) is 0 Å². The van der Waals surface area contributed by atoms with Gasteiger partial charge in [0.15, 0.2) is 0 Å². The Morgan fingerprint density at radius 3 is 3.18 bits per heavy atom. The Balaban J connectivity index is 2.49. The van der Waals surface area contributed by atoms with Gasteiger partial charge in [0.05, 0.1) is 0 Å². The van der Waals surface area contributed by atoms with E-state index in [1.807, 2.05) is 6.92 Å². The van der Waals surface area contributed by atoms with Crippen molar-refractivity contribution in [3.63, 3.8) is 0 Å². The molecular weight excluding hydrogens is 136 g/mol. The van der Waals surface area contributed by atoms with Crippen LogP contribution in [0.2, 0.25) is 0 Å². The van der Waals surface area contributed by atoms with Crippen molar-refractivity contribution >= 4 is 0 Å². The number of rotatable bonds is 2. The number of nitrogens with one attached hydrogen (secondary N) is 1. The van der Waals surface area contributed by atoms with E-state index in [2.05, 4.69) is 18.0 Å². The largest absolute Gasteiger partial charge is 0.323 e. The van der Waals surface area contributed by atoms with E-state index in [4.69, 9.17) is 5.73 Å². The summed E-state index contributed by atoms with van der Waals surface area (Å²) in [7, 11) is 0. The van der Waals surface area contributed by atoms with Gasteiger partial charge >= 0.3 is 0 Å². The monoisotopic (exact) mass is 152 g/mol. The Morgan fingerprint density at radius 1 is 1.91 bits per heavy atom. The molecule has 0 bridgehead atoms. The van der Waals surface area contributed by atoms with Crippen LogP contribution in [0, 0.1) is 0 Å². The summed E-state index contributed by atoms with van der Waals surface area (Å²) in [5.74, 6) is 0. The normalized spacial score (nSPS) is 24.5. The van der Waals surface area contributed by atoms with E-state index in [-0.39, 0.29) is 6.04 Å². The Morgan fingerprint density at radius 2 is 2.64 bits per heavy atom. The number of allylic oxidation sites excluding steroid dienone is 1. The molecule has 0 aromatic carbocycles. The van der Waals surface area contributed by atoms with Crippen molar-refractivity contribution in [2.75, 3.05) is 13.1 Å². The van der Waals surface area contributed by atoms with Gasteiger partial charge in [-0.1, -0.05) is 23.8 Å². The van der Waals surface area contributed by atoms with E-state index >= 15 is 0 Å². The zero-order valence-corrected chi connectivity index (χ0v) is 7.06. The highest BCUT2D eigenvalue weighted by atomic mass is 14.9. The number of hydrogen-bond donors (Lipinski definition) is 2. The third-order valence-electron chi connectivity index (χ3n) is 1.71. The molecule has 1 atom stereocenters. The quantitative estimate of drug-likeness (QED) is 0.575. The van der Waals surface area contributed by atoms with E-state index in [0.717, 1.165) is 19.5 Å². The molecule has 1 aliphatic rings. The average Bonchev–Trinajstić information content (AvgIpc) is 1.85. The van der Waals surface area contributed by atoms with Gasteiger partial charge in [0.1, 0.15) is 0 Å². The molecule has 2 heteroatoms. The van der Waals surface area contributed by atoms with Crippen molar-refractivity contribution in [1.82, 2.24) is 5.32 Å². The molecule has 0 aliphatic carbocycles. The molecular formula is C9H16N2. The molecule has 3 N–H and O–H groups in total. The smallest absolute Gasteiger partial charge is 0.0354 e. The van der Waals surface area contributed by atoms with E-state index in [1.165, 1.54) is 11.1 Å². The highest BCUT2D eigenvalue weighted by Crippen LogP contribution is 2.10. The van der Waals surface area contributed by atoms with Crippen molar-refractivity contribution in [3.05, 3.63) is 23.8 Å². The van der Waals surface area contributed by atoms with Crippen LogP contribution in [-0.2, 0) is 0 Å². The van der Waals surface area contributed by atoms with Crippen molar-refractivity contribution in [2.24, 2.45) is 5.73 Å². The molecule has 0 aromatic heterocycles. The first-order valence-corrected chi connectivity index (χ1v) is 3.98. The van der Waals surface area contributed by atoms with Gasteiger partial charge in [-0.05, 0) is 13.3 Å². The van der Waals surface area contributed by atoms with Crippen molar-refractivity contribution < 1.29 is 0 Å². The highest BCUT2D eigenvalue weighted by Gasteiger charge is 2.07. The summed E-state index contributed by atoms with van der Waals surface area (Å²) < 4.78 is 0. The summed E-state index contributed by atoms with van der Waals surface area (Å²) in [6.45, 7) is 7.78. The van der Waals surface area contributed by atoms with Gasteiger partial charge < -0.3 is 11.1 Å². The SMILES string of the molecule is C=C(C)CC1=CC(N)CNC1. The van der Waals surface area contributed by atoms with Gasteiger partial charge in [0, 0.05) is 19.1 Å². The van der Waals surface area contributed by atoms with Gasteiger partial charge in [-0.3, -0.25) is 0 Å². The Kier molecular flexibility index (Phi) is 2.85. The van der Waals surface area contributed by atoms with Gasteiger partial charge in [-0.2, -0.15) is 0 Å². The maximum Gasteiger partial charge on any atom is 0.0354 e. The molecule has 1 unspecified atom stereocenters. The lowest BCUT2D eigenvalue weighted by Gasteiger charge is -2.19. The molecule has 1 rings (SSSR count). The van der Waals surface area contributed by atoms with Gasteiger partial charge in [0.2, 0.25) is 0 Å². The van der Waals surface area contributed by atoms with Crippen LogP contribution in [-0.4, -0.2) is 19.1 Å². The van der Waals surface area contributed by atoms with Gasteiger partial charge in [-0.25, -0.2) is 0 Å². The first-order chi connectivity index (χ1) is 5.18. The maximum atomic E-state index is 5.73. The summed E-state index contributed by atoms with van der Waals surface area (Å²) in [6.07, 6.45) is 3.13. The summed E-state index contributed by atoms with van der Waals surface area (Å²) >= 11 is 0. The molecule has 0 saturated carbocycles. The zero-order valence-electron chi connectivity index (χ0n) is 7.06. The molecule has 1 aliphatic heterocycles. The van der Waals surface area contributed by atoms with Crippen LogP contribution in [0.5, 0.6) is 0 Å². The molecule has 11 heavy (non-hydrogen) atoms. The second-order valence-electron chi connectivity index (χ2n) is 3.25. The van der Waals surface area contributed by atoms with Crippen molar-refractivity contribution in [1.29, 1.82) is 0 Å². The fourth-order valence-electron chi connectivity index (χ4n) is 1.33. The molecule has 1 heterocycles. The summed E-state index contributed by atoms with van der Waals surface area (Å²) in [6, 6.07) is 0.193. The molecule has 62 valence electrons. The predicted molar refractivity (Wildman–Crippen MR) is 48.4 cm³/mol. The fraction of sp³-hybridized carbons (Fsp3) is 0.556. The Labute approximate surface area is 68.2 Å². The molecule has 0 amide bonds. The van der Waals surface area contributed by atoms with Crippen LogP contribution in [0.15, 0.2) is 23.8 Å². The number of hydrogen-bond acceptors (Lipinski definition) is 2. The predicted octanol–water partition coefficient (Wildman–Crippen LogP) is 0.810. The minimum Gasteiger partial charge on any atom is -0.323 e. The molecule has 0 radical (unpaired) electrons. The highest BCUT2D eigenvalue weighted by molar-refractivity contribution is 5.18. The third-order valence-corrected chi connectivity index (χ3v) is 1.71. The first kappa shape index (κ1) is 8.50. The molecule has 0 spiro atoms. The van der Waals surface area contributed by atoms with E-state index in [1.54, 1.807) is 0 Å². The lowest BCUT2D eigenvalue weighted by Crippen LogP contribution is -2.37. The first-order valence-electron chi connectivity index (χ1n) is 3.98. The average molecular weight is 152 g/mol. The standard InChI is InChI=1S/C9H16N2/c1-7(2)3-8-4-9(10)6-11-5-8/h4,9,11H,1,3,5-6,10H2,2H3. The lowest BCUT2D eigenvalue weighted by molar-refractivity contribution is 0.626. The second kappa shape index (κ2) is 3.69. The Hall–Kier alpha value is -0.600. The fourth-order valence-corrected chi connectivity index (χ4v) is 1.33. The van der Waals surface area contributed by atoms with Crippen LogP contribution in [0.1, 0.15) is 13.3 Å². The van der Waals surface area contributed by atoms with Crippen LogP contribution in [0.25, 0.3) is 0 Å². The Bertz CT molecular complexity index is 182. The summed E-state index contributed by atoms with van der Waals surface area (Å²) in [5.41, 5.74) is 8.30. The third kappa shape index (κ3) is 2.87.